The van der Waals surface area contributed by atoms with Gasteiger partial charge < -0.3 is 9.64 Å². The zero-order valence-corrected chi connectivity index (χ0v) is 15.7. The van der Waals surface area contributed by atoms with Crippen molar-refractivity contribution in [1.82, 2.24) is 4.90 Å². The second-order valence-electron chi connectivity index (χ2n) is 7.26. The molecule has 1 saturated heterocycles. The quantitative estimate of drug-likeness (QED) is 0.602. The minimum Gasteiger partial charge on any atom is -0.493 e. The van der Waals surface area contributed by atoms with Crippen molar-refractivity contribution in [3.63, 3.8) is 0 Å². The molecule has 28 heavy (non-hydrogen) atoms. The van der Waals surface area contributed by atoms with Gasteiger partial charge in [-0.25, -0.2) is 13.2 Å². The number of nitrogens with zero attached hydrogens (tertiary/aromatic N) is 1. The van der Waals surface area contributed by atoms with Gasteiger partial charge in [0.1, 0.15) is 23.2 Å². The molecule has 3 rings (SSSR count). The number of hydrogen-bond donors (Lipinski definition) is 0. The Morgan fingerprint density at radius 3 is 2.46 bits per heavy atom. The summed E-state index contributed by atoms with van der Waals surface area (Å²) in [6.07, 6.45) is 3.19. The molecular formula is C22H24F3NO2. The first-order chi connectivity index (χ1) is 13.5. The van der Waals surface area contributed by atoms with E-state index >= 15 is 0 Å². The second-order valence-corrected chi connectivity index (χ2v) is 7.26. The number of likely N-dealkylation sites (tertiary alicyclic amines) is 1. The van der Waals surface area contributed by atoms with Crippen molar-refractivity contribution in [3.8, 4) is 5.75 Å². The maximum Gasteiger partial charge on any atom is 0.162 e. The summed E-state index contributed by atoms with van der Waals surface area (Å²) in [6.45, 7) is 3.02. The summed E-state index contributed by atoms with van der Waals surface area (Å²) in [6, 6.07) is 8.82. The van der Waals surface area contributed by atoms with Gasteiger partial charge >= 0.3 is 0 Å². The number of hydrogen-bond acceptors (Lipinski definition) is 3. The van der Waals surface area contributed by atoms with Crippen LogP contribution in [0.3, 0.4) is 0 Å². The normalized spacial score (nSPS) is 17.5. The van der Waals surface area contributed by atoms with Crippen molar-refractivity contribution in [3.05, 3.63) is 65.5 Å². The van der Waals surface area contributed by atoms with Gasteiger partial charge in [-0.2, -0.15) is 0 Å². The molecule has 1 heterocycles. The van der Waals surface area contributed by atoms with Crippen molar-refractivity contribution in [2.24, 2.45) is 5.92 Å². The lowest BCUT2D eigenvalue weighted by atomic mass is 9.98. The summed E-state index contributed by atoms with van der Waals surface area (Å²) in [5.74, 6) is -1.13. The van der Waals surface area contributed by atoms with E-state index in [1.807, 2.05) is 0 Å². The molecule has 1 atom stereocenters. The molecular weight excluding hydrogens is 367 g/mol. The number of piperidine rings is 1. The molecule has 1 aliphatic heterocycles. The molecule has 0 aliphatic carbocycles. The predicted octanol–water partition coefficient (Wildman–Crippen LogP) is 4.86. The summed E-state index contributed by atoms with van der Waals surface area (Å²) in [5.41, 5.74) is 0.536. The summed E-state index contributed by atoms with van der Waals surface area (Å²) in [5, 5.41) is 0. The lowest BCUT2D eigenvalue weighted by molar-refractivity contribution is 0.0960. The van der Waals surface area contributed by atoms with Crippen LogP contribution in [0.15, 0.2) is 42.5 Å². The van der Waals surface area contributed by atoms with Gasteiger partial charge in [-0.05, 0) is 56.6 Å². The maximum atomic E-state index is 13.2. The Balaban J connectivity index is 1.40. The highest BCUT2D eigenvalue weighted by Gasteiger charge is 2.20. The van der Waals surface area contributed by atoms with Crippen molar-refractivity contribution < 1.29 is 22.7 Å². The van der Waals surface area contributed by atoms with Gasteiger partial charge in [-0.3, -0.25) is 4.79 Å². The summed E-state index contributed by atoms with van der Waals surface area (Å²) in [4.78, 5) is 14.4. The Hall–Kier alpha value is -2.34. The van der Waals surface area contributed by atoms with Gasteiger partial charge in [0.05, 0.1) is 6.61 Å². The zero-order valence-electron chi connectivity index (χ0n) is 15.7. The fraction of sp³-hybridized carbons (Fsp3) is 0.409. The Labute approximate surface area is 163 Å². The number of carbonyl (C=O) groups excluding carboxylic acids is 1. The predicted molar refractivity (Wildman–Crippen MR) is 101 cm³/mol. The molecule has 0 N–H and O–H groups in total. The van der Waals surface area contributed by atoms with Crippen molar-refractivity contribution in [2.75, 3.05) is 26.2 Å². The van der Waals surface area contributed by atoms with E-state index in [1.54, 1.807) is 0 Å². The molecule has 0 bridgehead atoms. The van der Waals surface area contributed by atoms with Crippen molar-refractivity contribution in [2.45, 2.75) is 25.7 Å². The first-order valence-electron chi connectivity index (χ1n) is 9.59. The van der Waals surface area contributed by atoms with E-state index in [-0.39, 0.29) is 23.3 Å². The molecule has 150 valence electrons. The summed E-state index contributed by atoms with van der Waals surface area (Å²) < 4.78 is 45.0. The lowest BCUT2D eigenvalue weighted by Crippen LogP contribution is -2.38. The van der Waals surface area contributed by atoms with Crippen LogP contribution in [-0.2, 0) is 0 Å². The third kappa shape index (κ3) is 6.09. The minimum atomic E-state index is -0.647. The van der Waals surface area contributed by atoms with Gasteiger partial charge in [0, 0.05) is 42.6 Å². The fourth-order valence-electron chi connectivity index (χ4n) is 3.56. The van der Waals surface area contributed by atoms with Gasteiger partial charge in [-0.1, -0.05) is 0 Å². The fourth-order valence-corrected chi connectivity index (χ4v) is 3.56. The van der Waals surface area contributed by atoms with E-state index < -0.39 is 11.6 Å². The van der Waals surface area contributed by atoms with Crippen LogP contribution in [0.4, 0.5) is 13.2 Å². The van der Waals surface area contributed by atoms with Gasteiger partial charge in [-0.15, -0.1) is 0 Å². The molecule has 6 heteroatoms. The van der Waals surface area contributed by atoms with Crippen molar-refractivity contribution in [1.29, 1.82) is 0 Å². The maximum absolute atomic E-state index is 13.2. The van der Waals surface area contributed by atoms with E-state index in [9.17, 15) is 18.0 Å². The topological polar surface area (TPSA) is 29.5 Å². The molecule has 0 saturated carbocycles. The Bertz CT molecular complexity index is 775. The first-order valence-corrected chi connectivity index (χ1v) is 9.59. The van der Waals surface area contributed by atoms with Crippen LogP contribution in [-0.4, -0.2) is 36.9 Å². The van der Waals surface area contributed by atoms with E-state index in [0.29, 0.717) is 18.6 Å². The molecule has 2 aromatic carbocycles. The smallest absolute Gasteiger partial charge is 0.162 e. The van der Waals surface area contributed by atoms with Gasteiger partial charge in [0.2, 0.25) is 0 Å². The average Bonchev–Trinajstić information content (AvgIpc) is 2.66. The summed E-state index contributed by atoms with van der Waals surface area (Å²) >= 11 is 0. The number of carbonyl (C=O) groups is 1. The molecule has 3 nitrogen and oxygen atoms in total. The van der Waals surface area contributed by atoms with Crippen LogP contribution in [0.5, 0.6) is 5.75 Å². The van der Waals surface area contributed by atoms with Gasteiger partial charge in [0.15, 0.2) is 5.78 Å². The standard InChI is InChI=1S/C22H24F3NO2/c23-18-7-5-17(6-8-18)22(27)4-2-10-26-9-1-3-16(14-26)15-28-21-12-19(24)11-20(25)13-21/h5-8,11-13,16H,1-4,9-10,14-15H2. The zero-order chi connectivity index (χ0) is 19.9. The van der Waals surface area contributed by atoms with E-state index in [0.717, 1.165) is 45.0 Å². The third-order valence-corrected chi connectivity index (χ3v) is 4.97. The third-order valence-electron chi connectivity index (χ3n) is 4.97. The van der Waals surface area contributed by atoms with E-state index in [4.69, 9.17) is 4.74 Å². The number of Topliss-reactive ketones (excluding diaryl/α,β-unsaturated/α-hetero) is 1. The van der Waals surface area contributed by atoms with Crippen LogP contribution < -0.4 is 4.74 Å². The van der Waals surface area contributed by atoms with Crippen LogP contribution in [0.25, 0.3) is 0 Å². The van der Waals surface area contributed by atoms with Crippen LogP contribution in [0.2, 0.25) is 0 Å². The van der Waals surface area contributed by atoms with E-state index in [1.165, 1.54) is 36.4 Å². The number of benzene rings is 2. The monoisotopic (exact) mass is 391 g/mol. The largest absolute Gasteiger partial charge is 0.493 e. The highest BCUT2D eigenvalue weighted by molar-refractivity contribution is 5.95. The number of halogens is 3. The second kappa shape index (κ2) is 9.73. The first kappa shape index (κ1) is 20.4. The molecule has 1 fully saturated rings. The van der Waals surface area contributed by atoms with Crippen LogP contribution in [0, 0.1) is 23.4 Å². The lowest BCUT2D eigenvalue weighted by Gasteiger charge is -2.32. The molecule has 0 amide bonds. The van der Waals surface area contributed by atoms with Crippen LogP contribution in [0.1, 0.15) is 36.0 Å². The Kier molecular flexibility index (Phi) is 7.09. The van der Waals surface area contributed by atoms with E-state index in [2.05, 4.69) is 4.90 Å². The average molecular weight is 391 g/mol. The van der Waals surface area contributed by atoms with Gasteiger partial charge in [0.25, 0.3) is 0 Å². The minimum absolute atomic E-state index is 0.0185. The summed E-state index contributed by atoms with van der Waals surface area (Å²) in [7, 11) is 0. The Morgan fingerprint density at radius 2 is 1.75 bits per heavy atom. The Morgan fingerprint density at radius 1 is 1.04 bits per heavy atom. The van der Waals surface area contributed by atoms with Crippen LogP contribution >= 0.6 is 0 Å². The molecule has 2 aromatic rings. The molecule has 0 radical (unpaired) electrons. The highest BCUT2D eigenvalue weighted by atomic mass is 19.1. The molecule has 0 aromatic heterocycles. The van der Waals surface area contributed by atoms with Crippen molar-refractivity contribution >= 4 is 5.78 Å². The number of ether oxygens (including phenoxy) is 1. The molecule has 1 unspecified atom stereocenters. The SMILES string of the molecule is O=C(CCCN1CCCC(COc2cc(F)cc(F)c2)C1)c1ccc(F)cc1. The highest BCUT2D eigenvalue weighted by Crippen LogP contribution is 2.21. The number of rotatable bonds is 8. The molecule has 0 spiro atoms. The number of ketones is 1. The molecule has 1 aliphatic rings.